The van der Waals surface area contributed by atoms with E-state index in [1.807, 2.05) is 52.5 Å². The topological polar surface area (TPSA) is 201 Å². The fourth-order valence-corrected chi connectivity index (χ4v) is 8.19. The van der Waals surface area contributed by atoms with Crippen LogP contribution in [0.3, 0.4) is 0 Å². The van der Waals surface area contributed by atoms with Crippen molar-refractivity contribution in [2.75, 3.05) is 75.6 Å². The number of fused-ring (bicyclic) bond motifs is 3. The smallest absolute Gasteiger partial charge is 0.273 e. The maximum Gasteiger partial charge on any atom is 0.273 e. The molecule has 2 aromatic carbocycles. The van der Waals surface area contributed by atoms with Crippen molar-refractivity contribution in [1.29, 1.82) is 0 Å². The van der Waals surface area contributed by atoms with Crippen molar-refractivity contribution in [2.45, 2.75) is 25.7 Å². The van der Waals surface area contributed by atoms with E-state index in [0.29, 0.717) is 82.6 Å². The summed E-state index contributed by atoms with van der Waals surface area (Å²) in [5.74, 6) is -0.979. The van der Waals surface area contributed by atoms with E-state index in [4.69, 9.17) is 0 Å². The van der Waals surface area contributed by atoms with Gasteiger partial charge in [-0.05, 0) is 138 Å². The predicted molar refractivity (Wildman–Crippen MR) is 264 cm³/mol. The highest BCUT2D eigenvalue weighted by Crippen LogP contribution is 2.35. The van der Waals surface area contributed by atoms with Crippen molar-refractivity contribution in [3.8, 4) is 11.1 Å². The van der Waals surface area contributed by atoms with Crippen molar-refractivity contribution in [2.24, 2.45) is 28.2 Å². The third-order valence-electron chi connectivity index (χ3n) is 11.8. The second-order valence-electron chi connectivity index (χ2n) is 17.8. The average Bonchev–Trinajstić information content (AvgIpc) is 4.07. The zero-order valence-electron chi connectivity index (χ0n) is 39.9. The van der Waals surface area contributed by atoms with E-state index < -0.39 is 11.8 Å². The van der Waals surface area contributed by atoms with Gasteiger partial charge in [-0.2, -0.15) is 0 Å². The largest absolute Gasteiger partial charge is 0.352 e. The third-order valence-corrected chi connectivity index (χ3v) is 11.8. The van der Waals surface area contributed by atoms with E-state index in [2.05, 4.69) is 41.7 Å². The van der Waals surface area contributed by atoms with Gasteiger partial charge in [0.15, 0.2) is 0 Å². The zero-order chi connectivity index (χ0) is 48.8. The molecular weight excluding hydrogens is 865 g/mol. The number of anilines is 4. The van der Waals surface area contributed by atoms with E-state index in [1.165, 1.54) is 0 Å². The van der Waals surface area contributed by atoms with Crippen molar-refractivity contribution < 1.29 is 28.8 Å². The van der Waals surface area contributed by atoms with Gasteiger partial charge in [0.05, 0.1) is 22.5 Å². The van der Waals surface area contributed by atoms with Gasteiger partial charge in [-0.25, -0.2) is 0 Å². The van der Waals surface area contributed by atoms with Crippen LogP contribution in [0.5, 0.6) is 0 Å². The SMILES string of the molecule is CN(C)CCCNC(=O)c1cc(NC(=O)c2cc(NC(=O)c3ccc4c(c3)CCc3cc(C(=O)Nc5cc(C(=O)Nc6cc(C(=O)NCCCN(C)C)cn6C)n(C)c5)ccc3-4)cn2C)n(C)c1. The van der Waals surface area contributed by atoms with Gasteiger partial charge in [0, 0.05) is 77.2 Å². The number of aryl methyl sites for hydroxylation is 6. The zero-order valence-corrected chi connectivity index (χ0v) is 39.9. The Hall–Kier alpha value is -7.70. The molecular formula is C50H60N12O6. The lowest BCUT2D eigenvalue weighted by Crippen LogP contribution is -2.26. The third kappa shape index (κ3) is 11.4. The summed E-state index contributed by atoms with van der Waals surface area (Å²) in [6, 6.07) is 17.6. The van der Waals surface area contributed by atoms with Gasteiger partial charge in [-0.15, -0.1) is 0 Å². The lowest BCUT2D eigenvalue weighted by molar-refractivity contribution is 0.0944. The predicted octanol–water partition coefficient (Wildman–Crippen LogP) is 5.18. The molecule has 6 aromatic rings. The van der Waals surface area contributed by atoms with Crippen LogP contribution in [0.25, 0.3) is 11.1 Å². The number of amides is 6. The minimum absolute atomic E-state index is 0.218. The highest BCUT2D eigenvalue weighted by molar-refractivity contribution is 6.09. The first-order valence-electron chi connectivity index (χ1n) is 22.5. The van der Waals surface area contributed by atoms with Crippen LogP contribution >= 0.6 is 0 Å². The molecule has 6 N–H and O–H groups in total. The van der Waals surface area contributed by atoms with Crippen LogP contribution in [0, 0.1) is 0 Å². The van der Waals surface area contributed by atoms with Gasteiger partial charge >= 0.3 is 0 Å². The minimum atomic E-state index is -0.400. The molecule has 0 aliphatic heterocycles. The van der Waals surface area contributed by atoms with Crippen molar-refractivity contribution in [3.05, 3.63) is 130 Å². The Bertz CT molecular complexity index is 2700. The number of hydrogen-bond donors (Lipinski definition) is 6. The molecule has 4 aromatic heterocycles. The Morgan fingerprint density at radius 3 is 1.24 bits per heavy atom. The average molecular weight is 925 g/mol. The second-order valence-corrected chi connectivity index (χ2v) is 17.8. The first-order valence-corrected chi connectivity index (χ1v) is 22.5. The molecule has 1 aliphatic rings. The maximum absolute atomic E-state index is 13.5. The normalized spacial score (nSPS) is 11.8. The minimum Gasteiger partial charge on any atom is -0.352 e. The van der Waals surface area contributed by atoms with E-state index in [-0.39, 0.29) is 23.6 Å². The van der Waals surface area contributed by atoms with Gasteiger partial charge in [0.2, 0.25) is 0 Å². The molecule has 1 aliphatic carbocycles. The van der Waals surface area contributed by atoms with Crippen molar-refractivity contribution in [3.63, 3.8) is 0 Å². The Morgan fingerprint density at radius 1 is 0.456 bits per heavy atom. The molecule has 4 heterocycles. The molecule has 356 valence electrons. The fourth-order valence-electron chi connectivity index (χ4n) is 8.19. The summed E-state index contributed by atoms with van der Waals surface area (Å²) in [5.41, 5.74) is 7.29. The number of benzene rings is 2. The summed E-state index contributed by atoms with van der Waals surface area (Å²) in [6.07, 6.45) is 9.61. The Morgan fingerprint density at radius 2 is 0.853 bits per heavy atom. The number of carbonyl (C=O) groups is 6. The van der Waals surface area contributed by atoms with Gasteiger partial charge < -0.3 is 60.0 Å². The van der Waals surface area contributed by atoms with Crippen LogP contribution in [0.15, 0.2) is 85.5 Å². The molecule has 18 nitrogen and oxygen atoms in total. The van der Waals surface area contributed by atoms with Gasteiger partial charge in [-0.3, -0.25) is 28.8 Å². The van der Waals surface area contributed by atoms with Gasteiger partial charge in [0.25, 0.3) is 35.4 Å². The summed E-state index contributed by atoms with van der Waals surface area (Å²) in [6.45, 7) is 2.80. The number of carbonyl (C=O) groups excluding carboxylic acids is 6. The number of hydrogen-bond acceptors (Lipinski definition) is 8. The second kappa shape index (κ2) is 20.9. The number of rotatable bonds is 18. The number of nitrogens with zero attached hydrogens (tertiary/aromatic N) is 6. The van der Waals surface area contributed by atoms with Crippen molar-refractivity contribution in [1.82, 2.24) is 38.7 Å². The molecule has 6 amide bonds. The summed E-state index contributed by atoms with van der Waals surface area (Å²) < 4.78 is 6.61. The molecule has 0 unspecified atom stereocenters. The monoisotopic (exact) mass is 924 g/mol. The van der Waals surface area contributed by atoms with Gasteiger partial charge in [-0.1, -0.05) is 12.1 Å². The molecule has 7 rings (SSSR count). The summed E-state index contributed by atoms with van der Waals surface area (Å²) in [5, 5.41) is 17.4. The lowest BCUT2D eigenvalue weighted by Gasteiger charge is -2.21. The van der Waals surface area contributed by atoms with E-state index in [0.717, 1.165) is 48.2 Å². The molecule has 0 atom stereocenters. The standard InChI is InChI=1S/C50H60N12O6/c1-57(2)19-9-17-51-45(63)35-23-43(61(7)27-35)55-49(67)41-25-37(29-59(41)5)53-47(65)33-13-15-39-31(21-33)11-12-32-22-34(14-16-40(32)39)48(66)54-38-26-42(60(6)30-38)50(68)56-44-24-36(28-62(44)8)46(64)52-18-10-20-58(3)4/h13-16,21-30H,9-12,17-20H2,1-8H3,(H,51,63)(H,52,64)(H,53,65)(H,54,66)(H,55,67)(H,56,68). The Balaban J connectivity index is 0.935. The molecule has 0 bridgehead atoms. The number of aromatic nitrogens is 4. The van der Waals surface area contributed by atoms with Crippen LogP contribution in [0.4, 0.5) is 23.0 Å². The summed E-state index contributed by atoms with van der Waals surface area (Å²) in [7, 11) is 14.8. The Labute approximate surface area is 395 Å². The van der Waals surface area contributed by atoms with Crippen LogP contribution in [0.2, 0.25) is 0 Å². The van der Waals surface area contributed by atoms with Crippen LogP contribution in [0.1, 0.15) is 86.4 Å². The molecule has 18 heteroatoms. The van der Waals surface area contributed by atoms with Gasteiger partial charge in [0.1, 0.15) is 23.0 Å². The first kappa shape index (κ1) is 48.2. The van der Waals surface area contributed by atoms with E-state index in [1.54, 1.807) is 108 Å². The molecule has 0 spiro atoms. The molecule has 0 saturated heterocycles. The quantitative estimate of drug-likeness (QED) is 0.0634. The highest BCUT2D eigenvalue weighted by atomic mass is 16.2. The first-order chi connectivity index (χ1) is 32.4. The molecule has 68 heavy (non-hydrogen) atoms. The summed E-state index contributed by atoms with van der Waals surface area (Å²) >= 11 is 0. The van der Waals surface area contributed by atoms with E-state index in [9.17, 15) is 28.8 Å². The molecule has 0 fully saturated rings. The van der Waals surface area contributed by atoms with E-state index >= 15 is 0 Å². The van der Waals surface area contributed by atoms with Crippen LogP contribution in [-0.4, -0.2) is 118 Å². The molecule has 0 radical (unpaired) electrons. The summed E-state index contributed by atoms with van der Waals surface area (Å²) in [4.78, 5) is 83.2. The van der Waals surface area contributed by atoms with Crippen LogP contribution in [-0.2, 0) is 41.0 Å². The van der Waals surface area contributed by atoms with Crippen molar-refractivity contribution >= 4 is 58.5 Å². The Kier molecular flexibility index (Phi) is 14.8. The molecule has 0 saturated carbocycles. The lowest BCUT2D eigenvalue weighted by atomic mass is 9.84. The maximum atomic E-state index is 13.5. The fraction of sp³-hybridized carbons (Fsp3) is 0.320. The van der Waals surface area contributed by atoms with Crippen LogP contribution < -0.4 is 31.9 Å². The number of nitrogens with one attached hydrogen (secondary N) is 6. The highest BCUT2D eigenvalue weighted by Gasteiger charge is 2.23.